The zero-order valence-corrected chi connectivity index (χ0v) is 9.79. The number of nitrogens with one attached hydrogen (secondary N) is 1. The fourth-order valence-corrected chi connectivity index (χ4v) is 2.02. The van der Waals surface area contributed by atoms with Crippen molar-refractivity contribution in [3.05, 3.63) is 33.9 Å². The summed E-state index contributed by atoms with van der Waals surface area (Å²) in [6.45, 7) is 0.482. The van der Waals surface area contributed by atoms with Gasteiger partial charge in [-0.3, -0.25) is 10.1 Å². The molecule has 0 atom stereocenters. The zero-order valence-electron chi connectivity index (χ0n) is 9.79. The fraction of sp³-hybridized carbons (Fsp3) is 0.500. The van der Waals surface area contributed by atoms with Crippen molar-refractivity contribution in [2.75, 3.05) is 11.9 Å². The minimum atomic E-state index is -0.921. The molecule has 4 nitrogen and oxygen atoms in total. The van der Waals surface area contributed by atoms with Gasteiger partial charge >= 0.3 is 0 Å². The van der Waals surface area contributed by atoms with Gasteiger partial charge in [-0.15, -0.1) is 0 Å². The van der Waals surface area contributed by atoms with Crippen molar-refractivity contribution in [2.45, 2.75) is 25.7 Å². The van der Waals surface area contributed by atoms with Crippen molar-refractivity contribution in [3.63, 3.8) is 0 Å². The van der Waals surface area contributed by atoms with Crippen molar-refractivity contribution in [1.82, 2.24) is 0 Å². The van der Waals surface area contributed by atoms with E-state index in [9.17, 15) is 18.9 Å². The van der Waals surface area contributed by atoms with E-state index in [1.54, 1.807) is 0 Å². The van der Waals surface area contributed by atoms with E-state index in [0.717, 1.165) is 18.6 Å². The molecule has 1 aliphatic carbocycles. The number of benzene rings is 1. The van der Waals surface area contributed by atoms with Crippen molar-refractivity contribution < 1.29 is 13.7 Å². The molecule has 18 heavy (non-hydrogen) atoms. The molecule has 1 aliphatic rings. The smallest absolute Gasteiger partial charge is 0.275 e. The largest absolute Gasteiger partial charge is 0.380 e. The summed E-state index contributed by atoms with van der Waals surface area (Å²) < 4.78 is 27.0. The second-order valence-electron chi connectivity index (χ2n) is 4.55. The number of rotatable bonds is 5. The second-order valence-corrected chi connectivity index (χ2v) is 4.55. The molecular formula is C12H14F2N2O2. The number of nitro benzene ring substituents is 1. The highest BCUT2D eigenvalue weighted by Crippen LogP contribution is 2.30. The molecule has 0 spiro atoms. The molecule has 0 aromatic heterocycles. The summed E-state index contributed by atoms with van der Waals surface area (Å²) >= 11 is 0. The van der Waals surface area contributed by atoms with E-state index in [-0.39, 0.29) is 5.69 Å². The summed E-state index contributed by atoms with van der Waals surface area (Å²) in [7, 11) is 0. The molecule has 1 aromatic carbocycles. The molecule has 0 aliphatic heterocycles. The Balaban J connectivity index is 2.00. The molecule has 98 valence electrons. The van der Waals surface area contributed by atoms with Gasteiger partial charge in [0.1, 0.15) is 5.69 Å². The van der Waals surface area contributed by atoms with Crippen LogP contribution in [-0.2, 0) is 0 Å². The summed E-state index contributed by atoms with van der Waals surface area (Å²) in [6.07, 6.45) is 4.45. The van der Waals surface area contributed by atoms with Crippen LogP contribution < -0.4 is 5.32 Å². The van der Waals surface area contributed by atoms with Crippen LogP contribution in [0.25, 0.3) is 0 Å². The van der Waals surface area contributed by atoms with Crippen molar-refractivity contribution in [3.8, 4) is 0 Å². The van der Waals surface area contributed by atoms with E-state index >= 15 is 0 Å². The van der Waals surface area contributed by atoms with Crippen LogP contribution in [0.5, 0.6) is 0 Å². The fourth-order valence-electron chi connectivity index (χ4n) is 2.02. The van der Waals surface area contributed by atoms with Gasteiger partial charge in [-0.25, -0.2) is 8.78 Å². The van der Waals surface area contributed by atoms with Crippen LogP contribution in [0.2, 0.25) is 0 Å². The van der Waals surface area contributed by atoms with Crippen LogP contribution in [-0.4, -0.2) is 11.5 Å². The lowest BCUT2D eigenvalue weighted by Crippen LogP contribution is -2.16. The van der Waals surface area contributed by atoms with Gasteiger partial charge in [0.15, 0.2) is 11.6 Å². The quantitative estimate of drug-likeness (QED) is 0.648. The Bertz CT molecular complexity index is 438. The molecule has 1 aromatic rings. The first kappa shape index (κ1) is 12.7. The first-order valence-corrected chi connectivity index (χ1v) is 5.95. The van der Waals surface area contributed by atoms with Gasteiger partial charge in [-0.1, -0.05) is 19.3 Å². The summed E-state index contributed by atoms with van der Waals surface area (Å²) in [5, 5.41) is 13.1. The maximum absolute atomic E-state index is 13.5. The van der Waals surface area contributed by atoms with Crippen molar-refractivity contribution in [1.29, 1.82) is 0 Å². The van der Waals surface area contributed by atoms with E-state index in [4.69, 9.17) is 0 Å². The third-order valence-corrected chi connectivity index (χ3v) is 3.32. The molecule has 0 unspecified atom stereocenters. The van der Waals surface area contributed by atoms with Gasteiger partial charge in [0.2, 0.25) is 0 Å². The molecule has 2 rings (SSSR count). The summed E-state index contributed by atoms with van der Waals surface area (Å²) in [4.78, 5) is 9.60. The Morgan fingerprint density at radius 3 is 2.39 bits per heavy atom. The summed E-state index contributed by atoms with van der Waals surface area (Å²) in [5.74, 6) is -1.20. The average molecular weight is 256 g/mol. The lowest BCUT2D eigenvalue weighted by molar-refractivity contribution is -0.385. The monoisotopic (exact) mass is 256 g/mol. The third-order valence-electron chi connectivity index (χ3n) is 3.32. The third kappa shape index (κ3) is 2.75. The van der Waals surface area contributed by atoms with Crippen LogP contribution >= 0.6 is 0 Å². The molecule has 0 heterocycles. The van der Waals surface area contributed by atoms with Crippen molar-refractivity contribution in [2.24, 2.45) is 5.92 Å². The average Bonchev–Trinajstić information content (AvgIpc) is 2.24. The normalized spacial score (nSPS) is 15.2. The molecule has 6 heteroatoms. The highest BCUT2D eigenvalue weighted by Gasteiger charge is 2.19. The lowest BCUT2D eigenvalue weighted by atomic mass is 9.83. The Morgan fingerprint density at radius 1 is 1.33 bits per heavy atom. The van der Waals surface area contributed by atoms with Crippen molar-refractivity contribution >= 4 is 11.4 Å². The SMILES string of the molecule is O=[N+]([O-])c1cc(F)c(NCCC2CCC2)c(F)c1. The highest BCUT2D eigenvalue weighted by atomic mass is 19.1. The predicted octanol–water partition coefficient (Wildman–Crippen LogP) is 3.48. The topological polar surface area (TPSA) is 55.2 Å². The molecule has 0 bridgehead atoms. The Labute approximate surface area is 103 Å². The van der Waals surface area contributed by atoms with Gasteiger partial charge in [0.25, 0.3) is 5.69 Å². The van der Waals surface area contributed by atoms with Gasteiger partial charge in [0, 0.05) is 6.54 Å². The number of hydrogen-bond donors (Lipinski definition) is 1. The first-order valence-electron chi connectivity index (χ1n) is 5.95. The summed E-state index contributed by atoms with van der Waals surface area (Å²) in [6, 6.07) is 1.46. The zero-order chi connectivity index (χ0) is 13.1. The minimum Gasteiger partial charge on any atom is -0.380 e. The van der Waals surface area contributed by atoms with Crippen LogP contribution in [0.3, 0.4) is 0 Å². The van der Waals surface area contributed by atoms with Crippen LogP contribution in [0.15, 0.2) is 12.1 Å². The van der Waals surface area contributed by atoms with Gasteiger partial charge in [0.05, 0.1) is 17.1 Å². The number of nitro groups is 1. The second kappa shape index (κ2) is 5.29. The molecule has 1 N–H and O–H groups in total. The standard InChI is InChI=1S/C12H14F2N2O2/c13-10-6-9(16(17)18)7-11(14)12(10)15-5-4-8-2-1-3-8/h6-8,15H,1-5H2. The van der Waals surface area contributed by atoms with E-state index in [1.165, 1.54) is 19.3 Å². The molecule has 1 fully saturated rings. The number of anilines is 1. The molecule has 0 radical (unpaired) electrons. The Hall–Kier alpha value is -1.72. The number of non-ortho nitro benzene ring substituents is 1. The molecular weight excluding hydrogens is 242 g/mol. The van der Waals surface area contributed by atoms with E-state index in [0.29, 0.717) is 12.5 Å². The summed E-state index contributed by atoms with van der Waals surface area (Å²) in [5.41, 5.74) is -0.852. The molecule has 0 saturated heterocycles. The maximum Gasteiger partial charge on any atom is 0.275 e. The highest BCUT2D eigenvalue weighted by molar-refractivity contribution is 5.51. The number of halogens is 2. The lowest BCUT2D eigenvalue weighted by Gasteiger charge is -2.25. The van der Waals surface area contributed by atoms with Gasteiger partial charge < -0.3 is 5.32 Å². The van der Waals surface area contributed by atoms with Crippen LogP contribution in [0.4, 0.5) is 20.2 Å². The Morgan fingerprint density at radius 2 is 1.94 bits per heavy atom. The van der Waals surface area contributed by atoms with E-state index in [2.05, 4.69) is 5.32 Å². The molecule has 1 saturated carbocycles. The van der Waals surface area contributed by atoms with Crippen LogP contribution in [0, 0.1) is 27.7 Å². The van der Waals surface area contributed by atoms with Gasteiger partial charge in [-0.2, -0.15) is 0 Å². The minimum absolute atomic E-state index is 0.278. The van der Waals surface area contributed by atoms with E-state index in [1.807, 2.05) is 0 Å². The number of hydrogen-bond acceptors (Lipinski definition) is 3. The number of nitrogens with zero attached hydrogens (tertiary/aromatic N) is 1. The predicted molar refractivity (Wildman–Crippen MR) is 63.5 cm³/mol. The maximum atomic E-state index is 13.5. The van der Waals surface area contributed by atoms with Crippen LogP contribution in [0.1, 0.15) is 25.7 Å². The van der Waals surface area contributed by atoms with E-state index < -0.39 is 22.2 Å². The molecule has 0 amide bonds. The first-order chi connectivity index (χ1) is 8.58. The van der Waals surface area contributed by atoms with Gasteiger partial charge in [-0.05, 0) is 12.3 Å². The Kier molecular flexibility index (Phi) is 3.74.